The maximum Gasteiger partial charge on any atom is 0.341 e. The summed E-state index contributed by atoms with van der Waals surface area (Å²) in [7, 11) is 0. The average Bonchev–Trinajstić information content (AvgIpc) is 3.08. The Bertz CT molecular complexity index is 860. The lowest BCUT2D eigenvalue weighted by Gasteiger charge is -2.03. The summed E-state index contributed by atoms with van der Waals surface area (Å²) < 4.78 is 6.94. The lowest BCUT2D eigenvalue weighted by molar-refractivity contribution is 0.0529. The van der Waals surface area contributed by atoms with Crippen molar-refractivity contribution in [3.8, 4) is 10.4 Å². The molecule has 0 bridgehead atoms. The van der Waals surface area contributed by atoms with E-state index in [4.69, 9.17) is 4.74 Å². The van der Waals surface area contributed by atoms with Crippen LogP contribution in [0.15, 0.2) is 36.5 Å². The number of pyridine rings is 1. The van der Waals surface area contributed by atoms with Crippen LogP contribution in [0.3, 0.4) is 0 Å². The van der Waals surface area contributed by atoms with Gasteiger partial charge in [-0.05, 0) is 38.1 Å². The summed E-state index contributed by atoms with van der Waals surface area (Å²) >= 11 is 1.56. The first kappa shape index (κ1) is 14.5. The van der Waals surface area contributed by atoms with E-state index in [2.05, 4.69) is 0 Å². The summed E-state index contributed by atoms with van der Waals surface area (Å²) in [5.41, 5.74) is 2.26. The molecule has 0 fully saturated rings. The van der Waals surface area contributed by atoms with Gasteiger partial charge in [0.05, 0.1) is 23.4 Å². The molecule has 0 aromatic carbocycles. The zero-order valence-corrected chi connectivity index (χ0v) is 13.1. The molecule has 0 N–H and O–H groups in total. The van der Waals surface area contributed by atoms with Crippen molar-refractivity contribution >= 4 is 29.1 Å². The third-order valence-corrected chi connectivity index (χ3v) is 4.48. The highest BCUT2D eigenvalue weighted by atomic mass is 32.1. The standard InChI is InChI=1S/C17H15NO3S/c1-3-21-17(20)16-12-6-4-5-9-18(12)13(10-19)15(16)14-8-7-11(2)22-14/h4-10H,3H2,1-2H3. The zero-order valence-electron chi connectivity index (χ0n) is 12.3. The minimum absolute atomic E-state index is 0.294. The van der Waals surface area contributed by atoms with Crippen molar-refractivity contribution in [3.63, 3.8) is 0 Å². The molecule has 0 aliphatic rings. The third kappa shape index (κ3) is 2.23. The van der Waals surface area contributed by atoms with Crippen molar-refractivity contribution in [1.82, 2.24) is 4.40 Å². The molecule has 22 heavy (non-hydrogen) atoms. The topological polar surface area (TPSA) is 47.8 Å². The number of rotatable bonds is 4. The Hall–Kier alpha value is -2.40. The molecule has 0 atom stereocenters. The number of fused-ring (bicyclic) bond motifs is 1. The summed E-state index contributed by atoms with van der Waals surface area (Å²) in [5.74, 6) is -0.402. The van der Waals surface area contributed by atoms with Crippen molar-refractivity contribution in [2.24, 2.45) is 0 Å². The van der Waals surface area contributed by atoms with Crippen LogP contribution in [0.25, 0.3) is 16.0 Å². The number of carbonyl (C=O) groups excluding carboxylic acids is 2. The Morgan fingerprint density at radius 1 is 1.32 bits per heavy atom. The van der Waals surface area contributed by atoms with Gasteiger partial charge in [-0.25, -0.2) is 4.79 Å². The normalized spacial score (nSPS) is 10.8. The molecular weight excluding hydrogens is 298 g/mol. The lowest BCUT2D eigenvalue weighted by atomic mass is 10.1. The highest BCUT2D eigenvalue weighted by molar-refractivity contribution is 7.15. The molecule has 0 aliphatic heterocycles. The molecule has 4 nitrogen and oxygen atoms in total. The van der Waals surface area contributed by atoms with E-state index in [-0.39, 0.29) is 0 Å². The maximum absolute atomic E-state index is 12.4. The molecule has 0 saturated heterocycles. The van der Waals surface area contributed by atoms with E-state index in [0.29, 0.717) is 28.9 Å². The summed E-state index contributed by atoms with van der Waals surface area (Å²) in [6.07, 6.45) is 2.58. The van der Waals surface area contributed by atoms with Crippen LogP contribution in [0.2, 0.25) is 0 Å². The Labute approximate surface area is 132 Å². The second-order valence-electron chi connectivity index (χ2n) is 4.84. The molecule has 0 aliphatic carbocycles. The van der Waals surface area contributed by atoms with Crippen molar-refractivity contribution in [2.45, 2.75) is 13.8 Å². The minimum atomic E-state index is -0.402. The first-order chi connectivity index (χ1) is 10.7. The summed E-state index contributed by atoms with van der Waals surface area (Å²) in [4.78, 5) is 26.1. The Morgan fingerprint density at radius 2 is 2.14 bits per heavy atom. The number of carbonyl (C=O) groups is 2. The van der Waals surface area contributed by atoms with Crippen molar-refractivity contribution in [3.05, 3.63) is 52.7 Å². The predicted molar refractivity (Wildman–Crippen MR) is 86.8 cm³/mol. The van der Waals surface area contributed by atoms with E-state index in [1.807, 2.05) is 37.3 Å². The predicted octanol–water partition coefficient (Wildman–Crippen LogP) is 3.97. The van der Waals surface area contributed by atoms with Gasteiger partial charge in [0.15, 0.2) is 6.29 Å². The van der Waals surface area contributed by atoms with Crippen molar-refractivity contribution in [1.29, 1.82) is 0 Å². The molecule has 0 amide bonds. The number of ether oxygens (including phenoxy) is 1. The molecular formula is C17H15NO3S. The zero-order chi connectivity index (χ0) is 15.7. The summed E-state index contributed by atoms with van der Waals surface area (Å²) in [6, 6.07) is 9.41. The van der Waals surface area contributed by atoms with Crippen LogP contribution in [-0.2, 0) is 4.74 Å². The number of aryl methyl sites for hydroxylation is 1. The Kier molecular flexibility index (Phi) is 3.81. The SMILES string of the molecule is CCOC(=O)c1c(-c2ccc(C)s2)c(C=O)n2ccccc12. The molecule has 0 saturated carbocycles. The van der Waals surface area contributed by atoms with Crippen molar-refractivity contribution < 1.29 is 14.3 Å². The first-order valence-electron chi connectivity index (χ1n) is 6.99. The van der Waals surface area contributed by atoms with E-state index in [1.54, 1.807) is 28.9 Å². The van der Waals surface area contributed by atoms with Gasteiger partial charge in [0.1, 0.15) is 0 Å². The smallest absolute Gasteiger partial charge is 0.341 e. The van der Waals surface area contributed by atoms with Crippen LogP contribution >= 0.6 is 11.3 Å². The number of aromatic nitrogens is 1. The van der Waals surface area contributed by atoms with Crippen LogP contribution < -0.4 is 0 Å². The minimum Gasteiger partial charge on any atom is -0.462 e. The number of nitrogens with zero attached hydrogens (tertiary/aromatic N) is 1. The largest absolute Gasteiger partial charge is 0.462 e. The van der Waals surface area contributed by atoms with E-state index in [1.165, 1.54) is 0 Å². The van der Waals surface area contributed by atoms with Gasteiger partial charge in [-0.15, -0.1) is 11.3 Å². The molecule has 5 heteroatoms. The quantitative estimate of drug-likeness (QED) is 0.541. The average molecular weight is 313 g/mol. The Balaban J connectivity index is 2.39. The van der Waals surface area contributed by atoms with Crippen LogP contribution in [0.1, 0.15) is 32.6 Å². The van der Waals surface area contributed by atoms with Gasteiger partial charge >= 0.3 is 5.97 Å². The number of thiophene rings is 1. The fourth-order valence-corrected chi connectivity index (χ4v) is 3.51. The van der Waals surface area contributed by atoms with E-state index < -0.39 is 5.97 Å². The van der Waals surface area contributed by atoms with Gasteiger partial charge < -0.3 is 9.14 Å². The molecule has 0 spiro atoms. The second kappa shape index (κ2) is 5.77. The van der Waals surface area contributed by atoms with Crippen LogP contribution in [0, 0.1) is 6.92 Å². The van der Waals surface area contributed by atoms with E-state index in [0.717, 1.165) is 16.0 Å². The Morgan fingerprint density at radius 3 is 2.77 bits per heavy atom. The van der Waals surface area contributed by atoms with E-state index >= 15 is 0 Å². The number of hydrogen-bond acceptors (Lipinski definition) is 4. The van der Waals surface area contributed by atoms with Gasteiger partial charge in [-0.1, -0.05) is 6.07 Å². The number of hydrogen-bond donors (Lipinski definition) is 0. The molecule has 3 heterocycles. The highest BCUT2D eigenvalue weighted by Crippen LogP contribution is 2.37. The van der Waals surface area contributed by atoms with E-state index in [9.17, 15) is 9.59 Å². The number of aldehydes is 1. The van der Waals surface area contributed by atoms with Gasteiger partial charge in [0.2, 0.25) is 0 Å². The van der Waals surface area contributed by atoms with Gasteiger partial charge in [-0.3, -0.25) is 4.79 Å². The van der Waals surface area contributed by atoms with Crippen LogP contribution in [0.5, 0.6) is 0 Å². The fourth-order valence-electron chi connectivity index (χ4n) is 2.58. The molecule has 3 aromatic heterocycles. The maximum atomic E-state index is 12.4. The molecule has 112 valence electrons. The fraction of sp³-hybridized carbons (Fsp3) is 0.176. The van der Waals surface area contributed by atoms with Crippen molar-refractivity contribution in [2.75, 3.05) is 6.61 Å². The van der Waals surface area contributed by atoms with Crippen LogP contribution in [0.4, 0.5) is 0 Å². The second-order valence-corrected chi connectivity index (χ2v) is 6.13. The molecule has 0 radical (unpaired) electrons. The van der Waals surface area contributed by atoms with Gasteiger partial charge in [0, 0.05) is 21.5 Å². The highest BCUT2D eigenvalue weighted by Gasteiger charge is 2.25. The third-order valence-electron chi connectivity index (χ3n) is 3.46. The molecule has 3 aromatic rings. The monoisotopic (exact) mass is 313 g/mol. The van der Waals surface area contributed by atoms with Gasteiger partial charge in [0.25, 0.3) is 0 Å². The summed E-state index contributed by atoms with van der Waals surface area (Å²) in [6.45, 7) is 4.06. The lowest BCUT2D eigenvalue weighted by Crippen LogP contribution is -2.05. The number of esters is 1. The van der Waals surface area contributed by atoms with Crippen LogP contribution in [-0.4, -0.2) is 23.3 Å². The van der Waals surface area contributed by atoms with Gasteiger partial charge in [-0.2, -0.15) is 0 Å². The molecule has 0 unspecified atom stereocenters. The summed E-state index contributed by atoms with van der Waals surface area (Å²) in [5, 5.41) is 0. The molecule has 3 rings (SSSR count). The first-order valence-corrected chi connectivity index (χ1v) is 7.81.